The van der Waals surface area contributed by atoms with Crippen LogP contribution in [0.15, 0.2) is 18.2 Å². The molecule has 0 spiro atoms. The minimum absolute atomic E-state index is 0.0481. The van der Waals surface area contributed by atoms with Gasteiger partial charge in [-0.3, -0.25) is 0 Å². The molecule has 0 saturated heterocycles. The van der Waals surface area contributed by atoms with E-state index in [1.807, 2.05) is 0 Å². The van der Waals surface area contributed by atoms with Crippen LogP contribution in [0.1, 0.15) is 12.0 Å². The van der Waals surface area contributed by atoms with Crippen molar-refractivity contribution < 1.29 is 13.9 Å². The van der Waals surface area contributed by atoms with Crippen molar-refractivity contribution in [3.05, 3.63) is 28.8 Å². The van der Waals surface area contributed by atoms with Crippen LogP contribution in [0.5, 0.6) is 5.75 Å². The van der Waals surface area contributed by atoms with E-state index in [1.54, 1.807) is 0 Å². The van der Waals surface area contributed by atoms with Gasteiger partial charge in [-0.25, -0.2) is 8.78 Å². The maximum Gasteiger partial charge on any atom is 0.272 e. The molecule has 1 atom stereocenters. The van der Waals surface area contributed by atoms with Crippen LogP contribution in [0.3, 0.4) is 0 Å². The Balaban J connectivity index is 2.45. The van der Waals surface area contributed by atoms with E-state index in [2.05, 4.69) is 0 Å². The predicted molar refractivity (Wildman–Crippen MR) is 48.5 cm³/mol. The van der Waals surface area contributed by atoms with Gasteiger partial charge in [-0.05, 0) is 12.1 Å². The highest BCUT2D eigenvalue weighted by molar-refractivity contribution is 6.30. The molecular formula is C9H8ClF2NO. The number of nitrogens with two attached hydrogens (primary N) is 1. The van der Waals surface area contributed by atoms with Crippen LogP contribution in [0.2, 0.25) is 5.02 Å². The lowest BCUT2D eigenvalue weighted by Gasteiger charge is -2.12. The van der Waals surface area contributed by atoms with E-state index in [4.69, 9.17) is 17.3 Å². The van der Waals surface area contributed by atoms with Gasteiger partial charge in [0.05, 0.1) is 0 Å². The minimum atomic E-state index is -2.93. The van der Waals surface area contributed by atoms with Gasteiger partial charge >= 0.3 is 0 Å². The highest BCUT2D eigenvalue weighted by atomic mass is 35.5. The second-order valence-electron chi connectivity index (χ2n) is 3.51. The smallest absolute Gasteiger partial charge is 0.272 e. The fourth-order valence-electron chi connectivity index (χ4n) is 1.48. The Morgan fingerprint density at radius 1 is 1.43 bits per heavy atom. The number of halogens is 3. The third-order valence-electron chi connectivity index (χ3n) is 2.47. The van der Waals surface area contributed by atoms with Crippen LogP contribution < -0.4 is 5.73 Å². The Labute approximate surface area is 84.3 Å². The van der Waals surface area contributed by atoms with E-state index in [1.165, 1.54) is 18.2 Å². The molecular weight excluding hydrogens is 212 g/mol. The zero-order chi connectivity index (χ0) is 10.6. The van der Waals surface area contributed by atoms with Crippen molar-refractivity contribution in [2.45, 2.75) is 17.9 Å². The molecule has 1 unspecified atom stereocenters. The number of phenolic OH excluding ortho intramolecular Hbond substituents is 1. The molecule has 1 aromatic carbocycles. The molecule has 0 heterocycles. The number of hydrogen-bond acceptors (Lipinski definition) is 2. The molecule has 1 aromatic rings. The van der Waals surface area contributed by atoms with Gasteiger partial charge in [0, 0.05) is 17.0 Å². The number of rotatable bonds is 1. The number of benzene rings is 1. The van der Waals surface area contributed by atoms with Crippen LogP contribution >= 0.6 is 11.6 Å². The maximum absolute atomic E-state index is 12.9. The summed E-state index contributed by atoms with van der Waals surface area (Å²) in [4.78, 5) is 0. The van der Waals surface area contributed by atoms with E-state index in [-0.39, 0.29) is 11.3 Å². The molecule has 14 heavy (non-hydrogen) atoms. The van der Waals surface area contributed by atoms with Crippen molar-refractivity contribution in [1.29, 1.82) is 0 Å². The molecule has 76 valence electrons. The zero-order valence-corrected chi connectivity index (χ0v) is 7.85. The normalized spacial score (nSPS) is 28.9. The third kappa shape index (κ3) is 1.18. The molecule has 0 aliphatic heterocycles. The van der Waals surface area contributed by atoms with Gasteiger partial charge in [-0.1, -0.05) is 17.7 Å². The van der Waals surface area contributed by atoms with E-state index in [0.29, 0.717) is 5.02 Å². The monoisotopic (exact) mass is 219 g/mol. The first-order valence-corrected chi connectivity index (χ1v) is 4.40. The first kappa shape index (κ1) is 9.68. The van der Waals surface area contributed by atoms with Crippen LogP contribution in [0, 0.1) is 0 Å². The molecule has 3 N–H and O–H groups in total. The van der Waals surface area contributed by atoms with Gasteiger partial charge in [0.25, 0.3) is 5.92 Å². The fourth-order valence-corrected chi connectivity index (χ4v) is 1.65. The van der Waals surface area contributed by atoms with Crippen molar-refractivity contribution in [2.75, 3.05) is 0 Å². The van der Waals surface area contributed by atoms with Crippen LogP contribution in [0.4, 0.5) is 8.78 Å². The second-order valence-corrected chi connectivity index (χ2v) is 3.95. The average Bonchev–Trinajstić information content (AvgIpc) is 2.50. The summed E-state index contributed by atoms with van der Waals surface area (Å²) in [5.74, 6) is -3.21. The van der Waals surface area contributed by atoms with Gasteiger partial charge < -0.3 is 10.8 Å². The second kappa shape index (κ2) is 2.58. The molecule has 0 radical (unpaired) electrons. The van der Waals surface area contributed by atoms with Crippen LogP contribution in [-0.2, 0) is 5.54 Å². The van der Waals surface area contributed by atoms with Crippen molar-refractivity contribution in [1.82, 2.24) is 0 Å². The summed E-state index contributed by atoms with van der Waals surface area (Å²) in [5.41, 5.74) is 3.77. The van der Waals surface area contributed by atoms with Gasteiger partial charge in [-0.2, -0.15) is 0 Å². The predicted octanol–water partition coefficient (Wildman–Crippen LogP) is 2.24. The van der Waals surface area contributed by atoms with Gasteiger partial charge in [0.1, 0.15) is 11.3 Å². The van der Waals surface area contributed by atoms with E-state index in [0.717, 1.165) is 0 Å². The topological polar surface area (TPSA) is 46.2 Å². The Kier molecular flexibility index (Phi) is 1.78. The van der Waals surface area contributed by atoms with Crippen molar-refractivity contribution in [3.63, 3.8) is 0 Å². The van der Waals surface area contributed by atoms with Crippen molar-refractivity contribution in [2.24, 2.45) is 5.73 Å². The Bertz CT molecular complexity index is 396. The molecule has 0 amide bonds. The van der Waals surface area contributed by atoms with Crippen LogP contribution in [0.25, 0.3) is 0 Å². The van der Waals surface area contributed by atoms with Gasteiger partial charge in [0.2, 0.25) is 0 Å². The molecule has 5 heteroatoms. The lowest BCUT2D eigenvalue weighted by Crippen LogP contribution is -2.27. The number of alkyl halides is 2. The third-order valence-corrected chi connectivity index (χ3v) is 2.70. The van der Waals surface area contributed by atoms with E-state index in [9.17, 15) is 13.9 Å². The first-order valence-electron chi connectivity index (χ1n) is 4.02. The molecule has 2 rings (SSSR count). The molecule has 1 fully saturated rings. The lowest BCUT2D eigenvalue weighted by atomic mass is 10.0. The summed E-state index contributed by atoms with van der Waals surface area (Å²) in [7, 11) is 0. The summed E-state index contributed by atoms with van der Waals surface area (Å²) in [6.07, 6.45) is -0.435. The average molecular weight is 220 g/mol. The largest absolute Gasteiger partial charge is 0.508 e. The number of aromatic hydroxyl groups is 1. The lowest BCUT2D eigenvalue weighted by molar-refractivity contribution is 0.0884. The first-order chi connectivity index (χ1) is 6.37. The standard InChI is InChI=1S/C9H8ClF2NO/c10-5-1-2-6(7(14)3-5)8(13)4-9(8,11)12/h1-3,14H,4,13H2. The number of phenols is 1. The fraction of sp³-hybridized carbons (Fsp3) is 0.333. The Morgan fingerprint density at radius 3 is 2.43 bits per heavy atom. The summed E-state index contributed by atoms with van der Waals surface area (Å²) >= 11 is 5.57. The maximum atomic E-state index is 12.9. The Morgan fingerprint density at radius 2 is 2.00 bits per heavy atom. The van der Waals surface area contributed by atoms with E-state index >= 15 is 0 Å². The molecule has 0 bridgehead atoms. The molecule has 1 aliphatic carbocycles. The SMILES string of the molecule is NC1(c2ccc(Cl)cc2O)CC1(F)F. The quantitative estimate of drug-likeness (QED) is 0.761. The van der Waals surface area contributed by atoms with Gasteiger partial charge in [0.15, 0.2) is 0 Å². The van der Waals surface area contributed by atoms with Crippen molar-refractivity contribution in [3.8, 4) is 5.75 Å². The molecule has 0 aromatic heterocycles. The van der Waals surface area contributed by atoms with E-state index < -0.39 is 17.9 Å². The highest BCUT2D eigenvalue weighted by Crippen LogP contribution is 2.59. The molecule has 2 nitrogen and oxygen atoms in total. The summed E-state index contributed by atoms with van der Waals surface area (Å²) in [6, 6.07) is 3.97. The van der Waals surface area contributed by atoms with Gasteiger partial charge in [-0.15, -0.1) is 0 Å². The number of hydrogen-bond donors (Lipinski definition) is 2. The highest BCUT2D eigenvalue weighted by Gasteiger charge is 2.70. The zero-order valence-electron chi connectivity index (χ0n) is 7.10. The summed E-state index contributed by atoms with van der Waals surface area (Å²) in [5, 5.41) is 9.69. The summed E-state index contributed by atoms with van der Waals surface area (Å²) in [6.45, 7) is 0. The Hall–Kier alpha value is -0.870. The molecule has 1 aliphatic rings. The minimum Gasteiger partial charge on any atom is -0.508 e. The van der Waals surface area contributed by atoms with Crippen LogP contribution in [-0.4, -0.2) is 11.0 Å². The molecule has 1 saturated carbocycles. The van der Waals surface area contributed by atoms with Crippen molar-refractivity contribution >= 4 is 11.6 Å². The summed E-state index contributed by atoms with van der Waals surface area (Å²) < 4.78 is 25.8.